The van der Waals surface area contributed by atoms with Gasteiger partial charge in [-0.15, -0.1) is 11.3 Å². The molecule has 4 rings (SSSR count). The average Bonchev–Trinajstić information content (AvgIpc) is 3.53. The molecule has 1 aliphatic heterocycles. The molecule has 32 heavy (non-hydrogen) atoms. The quantitative estimate of drug-likeness (QED) is 0.592. The summed E-state index contributed by atoms with van der Waals surface area (Å²) in [5.41, 5.74) is 1.90. The van der Waals surface area contributed by atoms with Crippen LogP contribution in [0.15, 0.2) is 66.0 Å². The topological polar surface area (TPSA) is 67.9 Å². The average molecular weight is 451 g/mol. The molecule has 2 atom stereocenters. The number of amides is 2. The van der Waals surface area contributed by atoms with Crippen molar-refractivity contribution in [2.75, 3.05) is 27.3 Å². The normalized spacial score (nSPS) is 17.8. The number of methoxy groups -OCH3 is 2. The lowest BCUT2D eigenvalue weighted by Gasteiger charge is -2.21. The maximum atomic E-state index is 13.3. The molecule has 0 saturated carbocycles. The zero-order chi connectivity index (χ0) is 22.5. The van der Waals surface area contributed by atoms with Crippen molar-refractivity contribution >= 4 is 23.2 Å². The Balaban J connectivity index is 1.61. The van der Waals surface area contributed by atoms with E-state index in [0.29, 0.717) is 36.0 Å². The summed E-state index contributed by atoms with van der Waals surface area (Å²) in [6, 6.07) is 19.0. The summed E-state index contributed by atoms with van der Waals surface area (Å²) in [4.78, 5) is 28.8. The molecule has 1 aromatic heterocycles. The first-order chi connectivity index (χ1) is 15.6. The Hall–Kier alpha value is -3.32. The minimum absolute atomic E-state index is 0.0507. The first-order valence-corrected chi connectivity index (χ1v) is 11.3. The predicted molar refractivity (Wildman–Crippen MR) is 124 cm³/mol. The molecule has 2 aromatic carbocycles. The summed E-state index contributed by atoms with van der Waals surface area (Å²) >= 11 is 1.41. The van der Waals surface area contributed by atoms with Crippen molar-refractivity contribution in [3.8, 4) is 11.5 Å². The fraction of sp³-hybridized carbons (Fsp3) is 0.280. The summed E-state index contributed by atoms with van der Waals surface area (Å²) in [7, 11) is 3.22. The molecule has 6 nitrogen and oxygen atoms in total. The molecule has 0 bridgehead atoms. The van der Waals surface area contributed by atoms with Gasteiger partial charge in [0, 0.05) is 31.1 Å². The van der Waals surface area contributed by atoms with Crippen molar-refractivity contribution in [2.24, 2.45) is 5.92 Å². The summed E-state index contributed by atoms with van der Waals surface area (Å²) in [5.74, 6) is 0.633. The van der Waals surface area contributed by atoms with Crippen LogP contribution in [0.5, 0.6) is 11.5 Å². The van der Waals surface area contributed by atoms with E-state index in [1.54, 1.807) is 19.1 Å². The van der Waals surface area contributed by atoms with Gasteiger partial charge in [0.2, 0.25) is 5.91 Å². The van der Waals surface area contributed by atoms with Gasteiger partial charge in [-0.25, -0.2) is 0 Å². The van der Waals surface area contributed by atoms with Crippen LogP contribution in [0.1, 0.15) is 26.7 Å². The van der Waals surface area contributed by atoms with E-state index in [9.17, 15) is 9.59 Å². The standard InChI is InChI=1S/C25H26N2O4S/c1-30-18-10-11-22(31-2)19(13-18)20-15-27(25(29)23-9-6-12-32-23)16-21(20)24(28)26-14-17-7-4-3-5-8-17/h3-13,20-21H,14-16H2,1-2H3,(H,26,28)/t20-,21-/m0/s1. The monoisotopic (exact) mass is 450 g/mol. The largest absolute Gasteiger partial charge is 0.497 e. The number of thiophene rings is 1. The van der Waals surface area contributed by atoms with Crippen LogP contribution < -0.4 is 14.8 Å². The van der Waals surface area contributed by atoms with Gasteiger partial charge in [0.1, 0.15) is 11.5 Å². The van der Waals surface area contributed by atoms with Crippen molar-refractivity contribution in [1.82, 2.24) is 10.2 Å². The number of nitrogens with zero attached hydrogens (tertiary/aromatic N) is 1. The van der Waals surface area contributed by atoms with Crippen molar-refractivity contribution in [1.29, 1.82) is 0 Å². The minimum Gasteiger partial charge on any atom is -0.497 e. The minimum atomic E-state index is -0.399. The molecule has 0 radical (unpaired) electrons. The first-order valence-electron chi connectivity index (χ1n) is 10.5. The molecule has 0 aliphatic carbocycles. The van der Waals surface area contributed by atoms with Crippen LogP contribution in [0, 0.1) is 5.92 Å². The Bertz CT molecular complexity index is 1070. The van der Waals surface area contributed by atoms with Gasteiger partial charge in [0.05, 0.1) is 25.0 Å². The number of hydrogen-bond acceptors (Lipinski definition) is 5. The van der Waals surface area contributed by atoms with Gasteiger partial charge in [-0.2, -0.15) is 0 Å². The highest BCUT2D eigenvalue weighted by Crippen LogP contribution is 2.40. The van der Waals surface area contributed by atoms with Gasteiger partial charge in [-0.1, -0.05) is 36.4 Å². The summed E-state index contributed by atoms with van der Waals surface area (Å²) < 4.78 is 11.0. The molecular weight excluding hydrogens is 424 g/mol. The van der Waals surface area contributed by atoms with Crippen molar-refractivity contribution in [2.45, 2.75) is 12.5 Å². The van der Waals surface area contributed by atoms with Crippen molar-refractivity contribution in [3.63, 3.8) is 0 Å². The Morgan fingerprint density at radius 1 is 1.03 bits per heavy atom. The number of likely N-dealkylation sites (tertiary alicyclic amines) is 1. The van der Waals surface area contributed by atoms with E-state index in [-0.39, 0.29) is 17.7 Å². The summed E-state index contributed by atoms with van der Waals surface area (Å²) in [5, 5.41) is 4.94. The number of carbonyl (C=O) groups is 2. The van der Waals surface area contributed by atoms with E-state index in [2.05, 4.69) is 5.32 Å². The molecule has 1 N–H and O–H groups in total. The maximum absolute atomic E-state index is 13.3. The molecule has 1 fully saturated rings. The third-order valence-electron chi connectivity index (χ3n) is 5.82. The highest BCUT2D eigenvalue weighted by atomic mass is 32.1. The zero-order valence-corrected chi connectivity index (χ0v) is 18.9. The Kier molecular flexibility index (Phi) is 6.75. The molecular formula is C25H26N2O4S. The van der Waals surface area contributed by atoms with Crippen LogP contribution in [0.2, 0.25) is 0 Å². The van der Waals surface area contributed by atoms with E-state index in [4.69, 9.17) is 9.47 Å². The molecule has 7 heteroatoms. The first kappa shape index (κ1) is 21.9. The van der Waals surface area contributed by atoms with Crippen LogP contribution in [0.3, 0.4) is 0 Å². The number of hydrogen-bond donors (Lipinski definition) is 1. The molecule has 0 spiro atoms. The van der Waals surface area contributed by atoms with Gasteiger partial charge in [0.25, 0.3) is 5.91 Å². The van der Waals surface area contributed by atoms with Crippen LogP contribution in [0.4, 0.5) is 0 Å². The number of rotatable bonds is 7. The molecule has 1 aliphatic rings. The van der Waals surface area contributed by atoms with E-state index in [1.807, 2.05) is 66.0 Å². The fourth-order valence-corrected chi connectivity index (χ4v) is 4.84. The number of nitrogens with one attached hydrogen (secondary N) is 1. The molecule has 2 amide bonds. The zero-order valence-electron chi connectivity index (χ0n) is 18.1. The number of ether oxygens (including phenoxy) is 2. The van der Waals surface area contributed by atoms with Gasteiger partial charge >= 0.3 is 0 Å². The number of carbonyl (C=O) groups excluding carboxylic acids is 2. The van der Waals surface area contributed by atoms with E-state index in [0.717, 1.165) is 11.1 Å². The second-order valence-corrected chi connectivity index (χ2v) is 8.66. The molecule has 2 heterocycles. The van der Waals surface area contributed by atoms with Gasteiger partial charge < -0.3 is 19.7 Å². The summed E-state index contributed by atoms with van der Waals surface area (Å²) in [6.07, 6.45) is 0. The van der Waals surface area contributed by atoms with Crippen LogP contribution in [-0.4, -0.2) is 44.0 Å². The van der Waals surface area contributed by atoms with Crippen LogP contribution >= 0.6 is 11.3 Å². The third kappa shape index (κ3) is 4.62. The SMILES string of the molecule is COc1ccc(OC)c([C@@H]2CN(C(=O)c3cccs3)C[C@@H]2C(=O)NCc2ccccc2)c1. The van der Waals surface area contributed by atoms with Gasteiger partial charge in [0.15, 0.2) is 0 Å². The predicted octanol–water partition coefficient (Wildman–Crippen LogP) is 3.94. The smallest absolute Gasteiger partial charge is 0.263 e. The Morgan fingerprint density at radius 3 is 2.53 bits per heavy atom. The number of benzene rings is 2. The van der Waals surface area contributed by atoms with Crippen molar-refractivity contribution < 1.29 is 19.1 Å². The van der Waals surface area contributed by atoms with E-state index in [1.165, 1.54) is 11.3 Å². The fourth-order valence-electron chi connectivity index (χ4n) is 4.15. The molecule has 166 valence electrons. The second kappa shape index (κ2) is 9.87. The molecule has 3 aromatic rings. The Morgan fingerprint density at radius 2 is 1.84 bits per heavy atom. The Labute approximate surface area is 191 Å². The highest BCUT2D eigenvalue weighted by Gasteiger charge is 2.42. The lowest BCUT2D eigenvalue weighted by Crippen LogP contribution is -2.35. The van der Waals surface area contributed by atoms with Crippen LogP contribution in [-0.2, 0) is 11.3 Å². The van der Waals surface area contributed by atoms with E-state index < -0.39 is 5.92 Å². The van der Waals surface area contributed by atoms with Gasteiger partial charge in [-0.3, -0.25) is 9.59 Å². The lowest BCUT2D eigenvalue weighted by molar-refractivity contribution is -0.125. The summed E-state index contributed by atoms with van der Waals surface area (Å²) in [6.45, 7) is 1.23. The molecule has 0 unspecified atom stereocenters. The van der Waals surface area contributed by atoms with E-state index >= 15 is 0 Å². The highest BCUT2D eigenvalue weighted by molar-refractivity contribution is 7.12. The van der Waals surface area contributed by atoms with Crippen molar-refractivity contribution in [3.05, 3.63) is 82.0 Å². The second-order valence-electron chi connectivity index (χ2n) is 7.71. The van der Waals surface area contributed by atoms with Crippen LogP contribution in [0.25, 0.3) is 0 Å². The molecule has 1 saturated heterocycles. The lowest BCUT2D eigenvalue weighted by atomic mass is 9.87. The maximum Gasteiger partial charge on any atom is 0.263 e. The van der Waals surface area contributed by atoms with Gasteiger partial charge in [-0.05, 0) is 35.2 Å². The third-order valence-corrected chi connectivity index (χ3v) is 6.68.